The van der Waals surface area contributed by atoms with Crippen LogP contribution in [0, 0.1) is 0 Å². The molecule has 5 rings (SSSR count). The Balaban J connectivity index is 1.32. The summed E-state index contributed by atoms with van der Waals surface area (Å²) in [5, 5.41) is 23.2. The van der Waals surface area contributed by atoms with E-state index in [4.69, 9.17) is 9.61 Å². The summed E-state index contributed by atoms with van der Waals surface area (Å²) in [5.74, 6) is 1.52. The third-order valence-electron chi connectivity index (χ3n) is 5.81. The molecule has 9 nitrogen and oxygen atoms in total. The summed E-state index contributed by atoms with van der Waals surface area (Å²) in [7, 11) is 0. The highest BCUT2D eigenvalue weighted by molar-refractivity contribution is 7.09. The summed E-state index contributed by atoms with van der Waals surface area (Å²) < 4.78 is 4.82. The first-order chi connectivity index (χ1) is 14.3. The highest BCUT2D eigenvalue weighted by atomic mass is 32.1. The summed E-state index contributed by atoms with van der Waals surface area (Å²) in [4.78, 5) is 15.3. The van der Waals surface area contributed by atoms with Gasteiger partial charge in [0.2, 0.25) is 11.3 Å². The molecule has 0 amide bonds. The minimum Gasteiger partial charge on any atom is -0.392 e. The Hall–Kier alpha value is -2.30. The first-order valence-electron chi connectivity index (χ1n) is 10.2. The molecule has 2 N–H and O–H groups in total. The van der Waals surface area contributed by atoms with Crippen molar-refractivity contribution in [2.24, 2.45) is 0 Å². The number of thiophene rings is 1. The van der Waals surface area contributed by atoms with Crippen LogP contribution in [0.25, 0.3) is 11.3 Å². The van der Waals surface area contributed by atoms with E-state index in [0.717, 1.165) is 57.7 Å². The van der Waals surface area contributed by atoms with Gasteiger partial charge in [-0.15, -0.1) is 11.3 Å². The summed E-state index contributed by atoms with van der Waals surface area (Å²) in [5.41, 5.74) is 0.850. The zero-order chi connectivity index (χ0) is 19.6. The first kappa shape index (κ1) is 18.7. The van der Waals surface area contributed by atoms with Crippen LogP contribution in [0.1, 0.15) is 30.6 Å². The molecule has 0 aromatic carbocycles. The van der Waals surface area contributed by atoms with Crippen LogP contribution >= 0.6 is 11.3 Å². The number of hydrogen-bond donors (Lipinski definition) is 2. The van der Waals surface area contributed by atoms with Crippen molar-refractivity contribution in [3.8, 4) is 0 Å². The van der Waals surface area contributed by atoms with E-state index in [-0.39, 0.29) is 6.10 Å². The van der Waals surface area contributed by atoms with Crippen LogP contribution in [-0.4, -0.2) is 68.6 Å². The van der Waals surface area contributed by atoms with Crippen molar-refractivity contribution in [1.29, 1.82) is 0 Å². The van der Waals surface area contributed by atoms with Gasteiger partial charge in [-0.25, -0.2) is 14.6 Å². The fourth-order valence-corrected chi connectivity index (χ4v) is 4.95. The molecule has 3 aromatic heterocycles. The quantitative estimate of drug-likeness (QED) is 0.648. The Morgan fingerprint density at radius 3 is 2.72 bits per heavy atom. The number of anilines is 2. The minimum atomic E-state index is -0.178. The molecule has 10 heteroatoms. The second-order valence-corrected chi connectivity index (χ2v) is 8.78. The molecule has 0 unspecified atom stereocenters. The second kappa shape index (κ2) is 8.21. The van der Waals surface area contributed by atoms with Crippen LogP contribution in [0.4, 0.5) is 11.6 Å². The summed E-state index contributed by atoms with van der Waals surface area (Å²) >= 11 is 1.71. The zero-order valence-electron chi connectivity index (χ0n) is 16.2. The minimum absolute atomic E-state index is 0.178. The van der Waals surface area contributed by atoms with Crippen molar-refractivity contribution < 1.29 is 9.74 Å². The number of rotatable bonds is 5. The van der Waals surface area contributed by atoms with Crippen LogP contribution in [0.5, 0.6) is 0 Å². The largest absolute Gasteiger partial charge is 0.392 e. The second-order valence-electron chi connectivity index (χ2n) is 7.75. The monoisotopic (exact) mass is 415 g/mol. The predicted octanol–water partition coefficient (Wildman–Crippen LogP) is 2.11. The van der Waals surface area contributed by atoms with E-state index in [9.17, 15) is 5.11 Å². The van der Waals surface area contributed by atoms with Gasteiger partial charge in [-0.1, -0.05) is 6.07 Å². The maximum Gasteiger partial charge on any atom is 0.245 e. The highest BCUT2D eigenvalue weighted by Gasteiger charge is 2.30. The topological polar surface area (TPSA) is 103 Å². The molecule has 0 spiro atoms. The molecule has 0 saturated carbocycles. The maximum atomic E-state index is 9.99. The molecule has 2 aliphatic heterocycles. The summed E-state index contributed by atoms with van der Waals surface area (Å²) in [6.45, 7) is 4.38. The van der Waals surface area contributed by atoms with Gasteiger partial charge in [0, 0.05) is 30.6 Å². The number of likely N-dealkylation sites (tertiary alicyclic amines) is 1. The number of aromatic nitrogens is 4. The molecule has 2 aliphatic rings. The van der Waals surface area contributed by atoms with Gasteiger partial charge in [0.25, 0.3) is 0 Å². The molecule has 5 heterocycles. The van der Waals surface area contributed by atoms with Gasteiger partial charge in [-0.2, -0.15) is 0 Å². The van der Waals surface area contributed by atoms with Crippen molar-refractivity contribution >= 4 is 34.3 Å². The number of hydrogen-bond acceptors (Lipinski definition) is 10. The molecule has 154 valence electrons. The lowest BCUT2D eigenvalue weighted by Gasteiger charge is -2.41. The maximum absolute atomic E-state index is 9.99. The van der Waals surface area contributed by atoms with E-state index < -0.39 is 0 Å². The lowest BCUT2D eigenvalue weighted by Crippen LogP contribution is -2.49. The standard InChI is InChI=1S/C19H25N7O2S/c27-14-3-1-7-26(12-14)13-5-8-25(9-6-13)19-18(20-11-15-4-2-10-29-15)21-16-17(22-19)24-28-23-16/h2,4,10,13-14,27H,1,3,5-9,11-12H2,(H,20,21,23)/t14-/m0/s1. The molecular weight excluding hydrogens is 390 g/mol. The molecule has 1 atom stereocenters. The predicted molar refractivity (Wildman–Crippen MR) is 111 cm³/mol. The number of piperidine rings is 2. The number of nitrogens with zero attached hydrogens (tertiary/aromatic N) is 6. The summed E-state index contributed by atoms with van der Waals surface area (Å²) in [6, 6.07) is 4.66. The third-order valence-corrected chi connectivity index (χ3v) is 6.69. The van der Waals surface area contributed by atoms with Gasteiger partial charge < -0.3 is 15.3 Å². The Morgan fingerprint density at radius 2 is 1.97 bits per heavy atom. The number of β-amino-alcohol motifs (C(OH)–C–C–N with tert-alkyl or cyclic N) is 1. The Bertz CT molecular complexity index is 939. The fourth-order valence-electron chi connectivity index (χ4n) is 4.31. The SMILES string of the molecule is O[C@H]1CCCN(C2CCN(c3nc4nonc4nc3NCc3cccs3)CC2)C1. The lowest BCUT2D eigenvalue weighted by atomic mass is 9.99. The van der Waals surface area contributed by atoms with Crippen LogP contribution in [0.2, 0.25) is 0 Å². The highest BCUT2D eigenvalue weighted by Crippen LogP contribution is 2.29. The van der Waals surface area contributed by atoms with Crippen LogP contribution < -0.4 is 10.2 Å². The number of aliphatic hydroxyl groups is 1. The van der Waals surface area contributed by atoms with Crippen molar-refractivity contribution in [3.05, 3.63) is 22.4 Å². The fraction of sp³-hybridized carbons (Fsp3) is 0.579. The normalized spacial score (nSPS) is 21.7. The molecule has 2 fully saturated rings. The molecule has 0 aliphatic carbocycles. The number of nitrogens with one attached hydrogen (secondary N) is 1. The van der Waals surface area contributed by atoms with Crippen LogP contribution in [0.3, 0.4) is 0 Å². The molecule has 2 saturated heterocycles. The van der Waals surface area contributed by atoms with E-state index in [2.05, 4.69) is 41.9 Å². The van der Waals surface area contributed by atoms with Crippen LogP contribution in [0.15, 0.2) is 22.1 Å². The number of fused-ring (bicyclic) bond motifs is 1. The molecular formula is C19H25N7O2S. The van der Waals surface area contributed by atoms with Gasteiger partial charge in [-0.05, 0) is 54.0 Å². The Morgan fingerprint density at radius 1 is 1.14 bits per heavy atom. The summed E-state index contributed by atoms with van der Waals surface area (Å²) in [6.07, 6.45) is 3.93. The van der Waals surface area contributed by atoms with Gasteiger partial charge in [-0.3, -0.25) is 4.90 Å². The Labute approximate surface area is 172 Å². The van der Waals surface area contributed by atoms with E-state index in [1.54, 1.807) is 11.3 Å². The van der Waals surface area contributed by atoms with Gasteiger partial charge in [0.15, 0.2) is 11.6 Å². The molecule has 3 aromatic rings. The average molecular weight is 416 g/mol. The van der Waals surface area contributed by atoms with Crippen molar-refractivity contribution in [2.75, 3.05) is 36.4 Å². The van der Waals surface area contributed by atoms with Gasteiger partial charge >= 0.3 is 0 Å². The van der Waals surface area contributed by atoms with Crippen LogP contribution in [-0.2, 0) is 6.54 Å². The average Bonchev–Trinajstić information content (AvgIpc) is 3.43. The first-order valence-corrected chi connectivity index (χ1v) is 11.1. The van der Waals surface area contributed by atoms with Crippen molar-refractivity contribution in [1.82, 2.24) is 25.2 Å². The molecule has 0 bridgehead atoms. The molecule has 29 heavy (non-hydrogen) atoms. The van der Waals surface area contributed by atoms with E-state index in [1.807, 2.05) is 6.07 Å². The van der Waals surface area contributed by atoms with E-state index >= 15 is 0 Å². The lowest BCUT2D eigenvalue weighted by molar-refractivity contribution is 0.0398. The molecule has 0 radical (unpaired) electrons. The van der Waals surface area contributed by atoms with Gasteiger partial charge in [0.1, 0.15) is 0 Å². The van der Waals surface area contributed by atoms with Crippen molar-refractivity contribution in [3.63, 3.8) is 0 Å². The zero-order valence-corrected chi connectivity index (χ0v) is 17.0. The van der Waals surface area contributed by atoms with Crippen molar-refractivity contribution in [2.45, 2.75) is 44.4 Å². The van der Waals surface area contributed by atoms with Gasteiger partial charge in [0.05, 0.1) is 12.6 Å². The van der Waals surface area contributed by atoms with E-state index in [1.165, 1.54) is 4.88 Å². The third kappa shape index (κ3) is 4.05. The van der Waals surface area contributed by atoms with E-state index in [0.29, 0.717) is 29.7 Å². The smallest absolute Gasteiger partial charge is 0.245 e. The number of aliphatic hydroxyl groups excluding tert-OH is 1. The Kier molecular flexibility index (Phi) is 5.30.